The largest absolute Gasteiger partial charge is 0.480 e. The van der Waals surface area contributed by atoms with Gasteiger partial charge in [-0.05, 0) is 11.1 Å². The smallest absolute Gasteiger partial charge is 0.326 e. The lowest BCUT2D eigenvalue weighted by Gasteiger charge is -2.13. The molecule has 0 aliphatic rings. The summed E-state index contributed by atoms with van der Waals surface area (Å²) in [6, 6.07) is 6.55. The van der Waals surface area contributed by atoms with Crippen molar-refractivity contribution in [3.63, 3.8) is 0 Å². The highest BCUT2D eigenvalue weighted by atomic mass is 16.5. The second kappa shape index (κ2) is 6.76. The van der Waals surface area contributed by atoms with Crippen LogP contribution >= 0.6 is 0 Å². The molecule has 1 unspecified atom stereocenters. The fourth-order valence-corrected chi connectivity index (χ4v) is 1.62. The zero-order chi connectivity index (χ0) is 13.5. The van der Waals surface area contributed by atoms with Crippen LogP contribution in [0.1, 0.15) is 18.1 Å². The lowest BCUT2D eigenvalue weighted by atomic mass is 10.0. The number of carbonyl (C=O) groups excluding carboxylic acids is 1. The van der Waals surface area contributed by atoms with E-state index < -0.39 is 12.0 Å². The molecule has 0 heterocycles. The third-order valence-electron chi connectivity index (χ3n) is 2.45. The predicted octanol–water partition coefficient (Wildman–Crippen LogP) is 0.965. The van der Waals surface area contributed by atoms with E-state index in [1.165, 1.54) is 6.92 Å². The minimum Gasteiger partial charge on any atom is -0.480 e. The number of carboxylic acids is 1. The van der Waals surface area contributed by atoms with Crippen LogP contribution in [0.25, 0.3) is 0 Å². The Labute approximate surface area is 106 Å². The van der Waals surface area contributed by atoms with Gasteiger partial charge in [-0.2, -0.15) is 0 Å². The number of rotatable bonds is 6. The summed E-state index contributed by atoms with van der Waals surface area (Å²) in [5.74, 6) is -1.38. The number of carbonyl (C=O) groups is 2. The molecule has 0 aliphatic carbocycles. The summed E-state index contributed by atoms with van der Waals surface area (Å²) in [4.78, 5) is 21.9. The second-order valence-corrected chi connectivity index (χ2v) is 4.04. The Kier molecular flexibility index (Phi) is 5.32. The summed E-state index contributed by atoms with van der Waals surface area (Å²) in [6.45, 7) is 1.83. The third-order valence-corrected chi connectivity index (χ3v) is 2.45. The van der Waals surface area contributed by atoms with E-state index in [9.17, 15) is 9.59 Å². The maximum absolute atomic E-state index is 11.0. The van der Waals surface area contributed by atoms with Crippen molar-refractivity contribution in [1.29, 1.82) is 0 Å². The third kappa shape index (κ3) is 4.55. The normalized spacial score (nSPS) is 11.9. The number of benzene rings is 1. The van der Waals surface area contributed by atoms with E-state index in [1.54, 1.807) is 7.11 Å². The molecule has 0 bridgehead atoms. The number of ether oxygens (including phenoxy) is 1. The molecule has 18 heavy (non-hydrogen) atoms. The molecule has 1 atom stereocenters. The van der Waals surface area contributed by atoms with Crippen LogP contribution < -0.4 is 5.32 Å². The molecular weight excluding hydrogens is 234 g/mol. The Balaban J connectivity index is 2.68. The number of aliphatic carboxylic acids is 1. The van der Waals surface area contributed by atoms with Gasteiger partial charge in [0.05, 0.1) is 6.61 Å². The Hall–Kier alpha value is -1.88. The number of carboxylic acid groups (broad SMARTS) is 1. The standard InChI is InChI=1S/C13H17NO4/c1-9(15)14-12(13(16)17)7-10-3-5-11(6-4-10)8-18-2/h3-6,12H,7-8H2,1-2H3,(H,14,15)(H,16,17). The van der Waals surface area contributed by atoms with Crippen LogP contribution in [-0.2, 0) is 27.4 Å². The lowest BCUT2D eigenvalue weighted by molar-refractivity contribution is -0.141. The highest BCUT2D eigenvalue weighted by Gasteiger charge is 2.18. The zero-order valence-corrected chi connectivity index (χ0v) is 10.5. The van der Waals surface area contributed by atoms with Crippen LogP contribution in [0.2, 0.25) is 0 Å². The van der Waals surface area contributed by atoms with Crippen LogP contribution in [0.3, 0.4) is 0 Å². The van der Waals surface area contributed by atoms with Gasteiger partial charge in [-0.3, -0.25) is 4.79 Å². The average molecular weight is 251 g/mol. The Bertz CT molecular complexity index is 414. The first kappa shape index (κ1) is 14.2. The van der Waals surface area contributed by atoms with Crippen molar-refractivity contribution < 1.29 is 19.4 Å². The van der Waals surface area contributed by atoms with E-state index >= 15 is 0 Å². The number of amides is 1. The Morgan fingerprint density at radius 1 is 1.28 bits per heavy atom. The molecule has 98 valence electrons. The van der Waals surface area contributed by atoms with Gasteiger partial charge in [-0.1, -0.05) is 24.3 Å². The van der Waals surface area contributed by atoms with Gasteiger partial charge in [0.1, 0.15) is 6.04 Å². The van der Waals surface area contributed by atoms with Crippen LogP contribution in [-0.4, -0.2) is 30.1 Å². The van der Waals surface area contributed by atoms with Gasteiger partial charge in [-0.25, -0.2) is 4.79 Å². The van der Waals surface area contributed by atoms with E-state index in [0.717, 1.165) is 11.1 Å². The zero-order valence-electron chi connectivity index (χ0n) is 10.5. The topological polar surface area (TPSA) is 75.6 Å². The number of hydrogen-bond donors (Lipinski definition) is 2. The van der Waals surface area contributed by atoms with Crippen molar-refractivity contribution >= 4 is 11.9 Å². The molecule has 2 N–H and O–H groups in total. The number of nitrogens with one attached hydrogen (secondary N) is 1. The molecule has 1 aromatic carbocycles. The predicted molar refractivity (Wildman–Crippen MR) is 66.1 cm³/mol. The van der Waals surface area contributed by atoms with Gasteiger partial charge in [0.25, 0.3) is 0 Å². The van der Waals surface area contributed by atoms with Gasteiger partial charge in [0.2, 0.25) is 5.91 Å². The van der Waals surface area contributed by atoms with Crippen LogP contribution in [0, 0.1) is 0 Å². The van der Waals surface area contributed by atoms with Crippen molar-refractivity contribution in [3.8, 4) is 0 Å². The minimum atomic E-state index is -1.04. The number of methoxy groups -OCH3 is 1. The van der Waals surface area contributed by atoms with Crippen LogP contribution in [0.4, 0.5) is 0 Å². The van der Waals surface area contributed by atoms with Crippen molar-refractivity contribution in [2.24, 2.45) is 0 Å². The molecule has 0 saturated heterocycles. The quantitative estimate of drug-likeness (QED) is 0.789. The highest BCUT2D eigenvalue weighted by molar-refractivity contribution is 5.82. The molecule has 0 aromatic heterocycles. The summed E-state index contributed by atoms with van der Waals surface area (Å²) in [5, 5.41) is 11.4. The summed E-state index contributed by atoms with van der Waals surface area (Å²) < 4.78 is 4.99. The molecule has 1 rings (SSSR count). The first-order chi connectivity index (χ1) is 8.52. The average Bonchev–Trinajstić information content (AvgIpc) is 2.30. The van der Waals surface area contributed by atoms with Gasteiger partial charge in [0, 0.05) is 20.5 Å². The lowest BCUT2D eigenvalue weighted by Crippen LogP contribution is -2.41. The first-order valence-corrected chi connectivity index (χ1v) is 5.59. The van der Waals surface area contributed by atoms with Crippen LogP contribution in [0.15, 0.2) is 24.3 Å². The van der Waals surface area contributed by atoms with E-state index in [4.69, 9.17) is 9.84 Å². The van der Waals surface area contributed by atoms with E-state index in [-0.39, 0.29) is 12.3 Å². The molecule has 5 heteroatoms. The molecule has 0 aliphatic heterocycles. The SMILES string of the molecule is COCc1ccc(CC(NC(C)=O)C(=O)O)cc1. The van der Waals surface area contributed by atoms with E-state index in [0.29, 0.717) is 6.61 Å². The van der Waals surface area contributed by atoms with E-state index in [2.05, 4.69) is 5.32 Å². The summed E-state index contributed by atoms with van der Waals surface area (Å²) in [5.41, 5.74) is 1.88. The van der Waals surface area contributed by atoms with Crippen molar-refractivity contribution in [1.82, 2.24) is 5.32 Å². The molecule has 0 fully saturated rings. The van der Waals surface area contributed by atoms with Crippen molar-refractivity contribution in [2.75, 3.05) is 7.11 Å². The van der Waals surface area contributed by atoms with Gasteiger partial charge in [-0.15, -0.1) is 0 Å². The van der Waals surface area contributed by atoms with E-state index in [1.807, 2.05) is 24.3 Å². The number of hydrogen-bond acceptors (Lipinski definition) is 3. The molecule has 1 amide bonds. The summed E-state index contributed by atoms with van der Waals surface area (Å²) >= 11 is 0. The summed E-state index contributed by atoms with van der Waals surface area (Å²) in [7, 11) is 1.62. The highest BCUT2D eigenvalue weighted by Crippen LogP contribution is 2.08. The van der Waals surface area contributed by atoms with Crippen molar-refractivity contribution in [2.45, 2.75) is 26.0 Å². The Morgan fingerprint density at radius 3 is 2.28 bits per heavy atom. The Morgan fingerprint density at radius 2 is 1.83 bits per heavy atom. The molecule has 5 nitrogen and oxygen atoms in total. The monoisotopic (exact) mass is 251 g/mol. The fraction of sp³-hybridized carbons (Fsp3) is 0.385. The molecule has 1 aromatic rings. The maximum atomic E-state index is 11.0. The first-order valence-electron chi connectivity index (χ1n) is 5.59. The molecule has 0 radical (unpaired) electrons. The maximum Gasteiger partial charge on any atom is 0.326 e. The van der Waals surface area contributed by atoms with Crippen LogP contribution in [0.5, 0.6) is 0 Å². The second-order valence-electron chi connectivity index (χ2n) is 4.04. The summed E-state index contributed by atoms with van der Waals surface area (Å²) in [6.07, 6.45) is 0.266. The fourth-order valence-electron chi connectivity index (χ4n) is 1.62. The van der Waals surface area contributed by atoms with Crippen molar-refractivity contribution in [3.05, 3.63) is 35.4 Å². The minimum absolute atomic E-state index is 0.266. The molecular formula is C13H17NO4. The van der Waals surface area contributed by atoms with Gasteiger partial charge < -0.3 is 15.2 Å². The van der Waals surface area contributed by atoms with Gasteiger partial charge >= 0.3 is 5.97 Å². The molecule has 0 saturated carbocycles. The van der Waals surface area contributed by atoms with Gasteiger partial charge in [0.15, 0.2) is 0 Å². The molecule has 0 spiro atoms.